The van der Waals surface area contributed by atoms with Gasteiger partial charge in [-0.25, -0.2) is 20.0 Å². The number of nitrogens with two attached hydrogens (primary N) is 2. The van der Waals surface area contributed by atoms with Gasteiger partial charge in [-0.15, -0.1) is 0 Å². The van der Waals surface area contributed by atoms with E-state index < -0.39 is 79.4 Å². The van der Waals surface area contributed by atoms with E-state index in [9.17, 15) is 82.8 Å². The van der Waals surface area contributed by atoms with Gasteiger partial charge in [0, 0.05) is 78.3 Å². The van der Waals surface area contributed by atoms with Gasteiger partial charge in [-0.3, -0.25) is 78.6 Å². The van der Waals surface area contributed by atoms with Crippen molar-refractivity contribution in [2.75, 3.05) is 224 Å². The Labute approximate surface area is 657 Å². The second-order valence-corrected chi connectivity index (χ2v) is 24.1. The van der Waals surface area contributed by atoms with Crippen LogP contribution in [0.3, 0.4) is 0 Å². The van der Waals surface area contributed by atoms with Crippen molar-refractivity contribution in [2.24, 2.45) is 36.4 Å². The summed E-state index contributed by atoms with van der Waals surface area (Å²) in [5.74, 6) is -6.23. The SMILES string of the molecule is CCC(NCOC(CCCCNC(=O)CCC(C(=O)O)N(CCN(CC=O)CC=O)CCN(CC=O)CC(=O)O)N=COCCC(C(=O)O)N(CCN(CC=O)CC=O)CCN(CC=O)CC(=O)O)OC=NCOC=NCOC=NCOC=NCCOCCOCC(=O)NCCOCCOCOCNCCCCC(N)C(N)=O. The molecule has 0 heterocycles. The van der Waals surface area contributed by atoms with E-state index in [4.69, 9.17) is 63.6 Å². The van der Waals surface area contributed by atoms with Crippen LogP contribution in [0.1, 0.15) is 71.1 Å². The maximum absolute atomic E-state index is 13.2. The minimum atomic E-state index is -1.28. The molecule has 0 spiro atoms. The summed E-state index contributed by atoms with van der Waals surface area (Å²) in [6.45, 7) is 2.76. The van der Waals surface area contributed by atoms with E-state index in [1.54, 1.807) is 0 Å². The van der Waals surface area contributed by atoms with Crippen LogP contribution in [-0.4, -0.2) is 416 Å². The molecule has 0 saturated carbocycles. The molecule has 644 valence electrons. The number of nitrogens with one attached hydrogen (secondary N) is 4. The number of amides is 3. The number of aliphatic carboxylic acids is 4. The third kappa shape index (κ3) is 63.2. The number of primary amides is 1. The highest BCUT2D eigenvalue weighted by Gasteiger charge is 2.29. The highest BCUT2D eigenvalue weighted by Crippen LogP contribution is 2.13. The molecule has 12 N–H and O–H groups in total. The number of carboxylic acids is 4. The van der Waals surface area contributed by atoms with Crippen LogP contribution in [0.4, 0.5) is 0 Å². The average molecular weight is 1620 g/mol. The number of carbonyl (C=O) groups is 13. The highest BCUT2D eigenvalue weighted by molar-refractivity contribution is 5.80. The first-order valence-corrected chi connectivity index (χ1v) is 36.8. The third-order valence-corrected chi connectivity index (χ3v) is 15.6. The zero-order valence-electron chi connectivity index (χ0n) is 64.5. The highest BCUT2D eigenvalue weighted by atomic mass is 16.7. The van der Waals surface area contributed by atoms with Gasteiger partial charge in [-0.05, 0) is 51.5 Å². The lowest BCUT2D eigenvalue weighted by Gasteiger charge is -2.32. The summed E-state index contributed by atoms with van der Waals surface area (Å²) in [5, 5.41) is 51.0. The van der Waals surface area contributed by atoms with E-state index >= 15 is 0 Å². The fraction of sp³-hybridized carbons (Fsp3) is 0.735. The monoisotopic (exact) mass is 1620 g/mol. The maximum atomic E-state index is 13.2. The van der Waals surface area contributed by atoms with Crippen LogP contribution >= 0.6 is 0 Å². The summed E-state index contributed by atoms with van der Waals surface area (Å²) in [5.41, 5.74) is 10.7. The molecule has 113 heavy (non-hydrogen) atoms. The van der Waals surface area contributed by atoms with Crippen LogP contribution in [0.2, 0.25) is 0 Å². The molecule has 0 aromatic rings. The van der Waals surface area contributed by atoms with Crippen molar-refractivity contribution in [1.29, 1.82) is 0 Å². The van der Waals surface area contributed by atoms with E-state index in [0.717, 1.165) is 32.0 Å². The molecular weight excluding hydrogens is 1500 g/mol. The van der Waals surface area contributed by atoms with E-state index in [2.05, 4.69) is 46.2 Å². The van der Waals surface area contributed by atoms with E-state index in [1.165, 1.54) is 42.2 Å². The molecule has 3 amide bonds. The van der Waals surface area contributed by atoms with Crippen LogP contribution < -0.4 is 32.7 Å². The Morgan fingerprint density at radius 1 is 0.469 bits per heavy atom. The molecule has 0 aliphatic carbocycles. The molecule has 0 radical (unpaired) electrons. The summed E-state index contributed by atoms with van der Waals surface area (Å²) in [6.07, 6.45) is 10.7. The van der Waals surface area contributed by atoms with Crippen molar-refractivity contribution in [3.63, 3.8) is 0 Å². The summed E-state index contributed by atoms with van der Waals surface area (Å²) < 4.78 is 59.8. The number of aldehydes is 6. The quantitative estimate of drug-likeness (QED) is 0.00895. The molecule has 0 rings (SSSR count). The Hall–Kier alpha value is -8.94. The van der Waals surface area contributed by atoms with Gasteiger partial charge < -0.3 is 123 Å². The van der Waals surface area contributed by atoms with Gasteiger partial charge in [0.05, 0.1) is 118 Å². The molecule has 45 heteroatoms. The van der Waals surface area contributed by atoms with Crippen molar-refractivity contribution in [3.8, 4) is 0 Å². The van der Waals surface area contributed by atoms with Gasteiger partial charge >= 0.3 is 23.9 Å². The molecule has 5 unspecified atom stereocenters. The van der Waals surface area contributed by atoms with Crippen LogP contribution in [0.25, 0.3) is 0 Å². The standard InChI is InChI=1S/C68H119N17O28/c1-2-62(112-53-75-52-110-51-74-50-109-49-73-48-108-46-72-14-37-103-39-41-105-45-61(93)77-15-38-104-40-42-107-56-111-47-71-12-5-3-7-57(69)66(70)98)79-55-113-63(78-54-106-36-11-59(68(101)102)85(21-17-81(26-32-88)27-33-89)23-19-83(29-35-91)44-65(96)97)8-4-6-13-76-60(92)10-9-58(67(99)100)84(20-16-80(24-30-86)25-31-87)22-18-82(28-34-90)43-64(94)95/h30-35,46,49,51,53-54,57-59,62-63,71,79H,2-29,36-45,47-48,50,52,55-56,69H2,1H3,(H2,70,98)(H,76,92)(H,77,93)(H,94,95)(H,96,97)(H,99,100)(H,101,102). The number of carbonyl (C=O) groups excluding carboxylic acids is 9. The smallest absolute Gasteiger partial charge is 0.321 e. The Morgan fingerprint density at radius 3 is 1.50 bits per heavy atom. The molecule has 0 saturated heterocycles. The molecule has 0 aromatic heterocycles. The molecule has 0 fully saturated rings. The second-order valence-electron chi connectivity index (χ2n) is 24.1. The maximum Gasteiger partial charge on any atom is 0.321 e. The fourth-order valence-electron chi connectivity index (χ4n) is 9.69. The van der Waals surface area contributed by atoms with Crippen molar-refractivity contribution in [3.05, 3.63) is 0 Å². The van der Waals surface area contributed by atoms with Crippen molar-refractivity contribution >= 4 is 111 Å². The first kappa shape index (κ1) is 104. The van der Waals surface area contributed by atoms with Gasteiger partial charge in [0.25, 0.3) is 0 Å². The number of nitrogens with zero attached hydrogens (tertiary/aromatic N) is 11. The first-order valence-electron chi connectivity index (χ1n) is 36.8. The molecule has 0 bridgehead atoms. The fourth-order valence-corrected chi connectivity index (χ4v) is 9.69. The second kappa shape index (κ2) is 74.5. The number of hydrogen-bond acceptors (Lipinski definition) is 38. The molecule has 5 atom stereocenters. The minimum absolute atomic E-state index is 0.0135. The number of hydrogen-bond donors (Lipinski definition) is 10. The number of aliphatic imine (C=N–C) groups is 5. The zero-order chi connectivity index (χ0) is 83.4. The summed E-state index contributed by atoms with van der Waals surface area (Å²) in [4.78, 5) is 181. The number of carboxylic acid groups (broad SMARTS) is 4. The van der Waals surface area contributed by atoms with Gasteiger partial charge in [0.15, 0.2) is 64.7 Å². The Balaban J connectivity index is 5.31. The predicted molar refractivity (Wildman–Crippen MR) is 405 cm³/mol. The van der Waals surface area contributed by atoms with E-state index in [0.29, 0.717) is 110 Å². The van der Waals surface area contributed by atoms with E-state index in [-0.39, 0.29) is 197 Å². The third-order valence-electron chi connectivity index (χ3n) is 15.6. The molecule has 45 nitrogen and oxygen atoms in total. The largest absolute Gasteiger partial charge is 0.483 e. The van der Waals surface area contributed by atoms with Crippen molar-refractivity contribution in [1.82, 2.24) is 50.7 Å². The minimum Gasteiger partial charge on any atom is -0.483 e. The van der Waals surface area contributed by atoms with Gasteiger partial charge in [-0.1, -0.05) is 13.3 Å². The molecule has 0 aliphatic rings. The van der Waals surface area contributed by atoms with Crippen molar-refractivity contribution < 1.29 is 135 Å². The van der Waals surface area contributed by atoms with Gasteiger partial charge in [0.1, 0.15) is 69.9 Å². The number of unbranched alkanes of at least 4 members (excludes halogenated alkanes) is 2. The lowest BCUT2D eigenvalue weighted by molar-refractivity contribution is -0.145. The van der Waals surface area contributed by atoms with Crippen LogP contribution in [0, 0.1) is 0 Å². The Bertz CT molecular complexity index is 2720. The van der Waals surface area contributed by atoms with Crippen molar-refractivity contribution in [2.45, 2.75) is 102 Å². The normalized spacial score (nSPS) is 13.2. The number of ether oxygens (including phenoxy) is 11. The molecule has 0 aromatic carbocycles. The lowest BCUT2D eigenvalue weighted by atomic mass is 10.1. The summed E-state index contributed by atoms with van der Waals surface area (Å²) in [7, 11) is 0. The first-order chi connectivity index (χ1) is 54.8. The van der Waals surface area contributed by atoms with Crippen LogP contribution in [-0.2, 0) is 114 Å². The average Bonchev–Trinajstić information content (AvgIpc) is 0.885. The molecule has 0 aliphatic heterocycles. The van der Waals surface area contributed by atoms with Crippen LogP contribution in [0.5, 0.6) is 0 Å². The Kier molecular flexibility index (Phi) is 68.6. The van der Waals surface area contributed by atoms with Gasteiger partial charge in [0.2, 0.25) is 17.7 Å². The predicted octanol–water partition coefficient (Wildman–Crippen LogP) is -5.07. The zero-order valence-corrected chi connectivity index (χ0v) is 64.5. The Morgan fingerprint density at radius 2 is 0.956 bits per heavy atom. The summed E-state index contributed by atoms with van der Waals surface area (Å²) in [6, 6.07) is -3.10. The van der Waals surface area contributed by atoms with E-state index in [1.807, 2.05) is 6.92 Å². The van der Waals surface area contributed by atoms with Gasteiger partial charge in [-0.2, -0.15) is 0 Å². The van der Waals surface area contributed by atoms with Crippen LogP contribution in [0.15, 0.2) is 25.0 Å². The molecular formula is C68H119N17O28. The summed E-state index contributed by atoms with van der Waals surface area (Å²) >= 11 is 0. The number of rotatable bonds is 85. The lowest BCUT2D eigenvalue weighted by Crippen LogP contribution is -2.49. The topological polar surface area (TPSA) is 586 Å².